The van der Waals surface area contributed by atoms with Gasteiger partial charge in [-0.25, -0.2) is 8.42 Å². The van der Waals surface area contributed by atoms with E-state index in [-0.39, 0.29) is 4.90 Å². The molecule has 1 aliphatic heterocycles. The van der Waals surface area contributed by atoms with Gasteiger partial charge in [0.1, 0.15) is 4.90 Å². The number of thioether (sulfide) groups is 1. The minimum absolute atomic E-state index is 0.199. The van der Waals surface area contributed by atoms with Crippen LogP contribution in [0.1, 0.15) is 5.69 Å². The van der Waals surface area contributed by atoms with Crippen LogP contribution >= 0.6 is 11.8 Å². The number of aryl methyl sites for hydroxylation is 2. The maximum atomic E-state index is 12.0. The molecule has 0 atom stereocenters. The van der Waals surface area contributed by atoms with Crippen molar-refractivity contribution in [3.05, 3.63) is 11.9 Å². The highest BCUT2D eigenvalue weighted by Crippen LogP contribution is 2.16. The second-order valence-corrected chi connectivity index (χ2v) is 6.13. The number of aromatic nitrogens is 2. The van der Waals surface area contributed by atoms with E-state index in [1.165, 1.54) is 22.6 Å². The second kappa shape index (κ2) is 4.10. The normalized spacial score (nSPS) is 16.2. The Kier molecular flexibility index (Phi) is 2.94. The molecule has 1 aromatic rings. The molecule has 88 valence electrons. The van der Waals surface area contributed by atoms with Gasteiger partial charge >= 0.3 is 0 Å². The van der Waals surface area contributed by atoms with Crippen LogP contribution < -0.4 is 4.72 Å². The van der Waals surface area contributed by atoms with Crippen molar-refractivity contribution in [3.8, 4) is 0 Å². The molecule has 0 saturated heterocycles. The quantitative estimate of drug-likeness (QED) is 0.819. The third-order valence-electron chi connectivity index (χ3n) is 2.07. The van der Waals surface area contributed by atoms with E-state index in [1.54, 1.807) is 14.0 Å². The molecule has 0 unspecified atom stereocenters. The predicted molar refractivity (Wildman–Crippen MR) is 63.0 cm³/mol. The Labute approximate surface area is 98.2 Å². The SMILES string of the molecule is Cc1nn(C)cc1S(=O)(=O)NC1=NCCS1. The minimum atomic E-state index is -3.54. The largest absolute Gasteiger partial charge is 0.274 e. The van der Waals surface area contributed by atoms with Crippen LogP contribution in [0.25, 0.3) is 0 Å². The van der Waals surface area contributed by atoms with Gasteiger partial charge in [0.05, 0.1) is 12.2 Å². The highest BCUT2D eigenvalue weighted by molar-refractivity contribution is 8.15. The lowest BCUT2D eigenvalue weighted by Crippen LogP contribution is -2.27. The van der Waals surface area contributed by atoms with Crippen molar-refractivity contribution in [3.63, 3.8) is 0 Å². The smallest absolute Gasteiger partial charge is 0.266 e. The van der Waals surface area contributed by atoms with E-state index in [1.807, 2.05) is 0 Å². The molecule has 16 heavy (non-hydrogen) atoms. The highest BCUT2D eigenvalue weighted by Gasteiger charge is 2.22. The number of hydrogen-bond acceptors (Lipinski definition) is 5. The number of aliphatic imine (C=N–C) groups is 1. The molecule has 0 radical (unpaired) electrons. The van der Waals surface area contributed by atoms with Gasteiger partial charge in [-0.1, -0.05) is 11.8 Å². The second-order valence-electron chi connectivity index (χ2n) is 3.39. The van der Waals surface area contributed by atoms with E-state index in [0.717, 1.165) is 5.75 Å². The fourth-order valence-corrected chi connectivity index (χ4v) is 3.66. The van der Waals surface area contributed by atoms with Crippen LogP contribution in [0.5, 0.6) is 0 Å². The maximum absolute atomic E-state index is 12.0. The molecule has 0 saturated carbocycles. The van der Waals surface area contributed by atoms with Gasteiger partial charge in [0.25, 0.3) is 10.0 Å². The summed E-state index contributed by atoms with van der Waals surface area (Å²) in [7, 11) is -1.85. The summed E-state index contributed by atoms with van der Waals surface area (Å²) in [6, 6.07) is 0. The Morgan fingerprint density at radius 2 is 2.31 bits per heavy atom. The third kappa shape index (κ3) is 2.22. The van der Waals surface area contributed by atoms with E-state index in [9.17, 15) is 8.42 Å². The Bertz CT molecular complexity index is 532. The minimum Gasteiger partial charge on any atom is -0.274 e. The predicted octanol–water partition coefficient (Wildman–Crippen LogP) is 0.110. The van der Waals surface area contributed by atoms with E-state index in [0.29, 0.717) is 17.4 Å². The van der Waals surface area contributed by atoms with Crippen molar-refractivity contribution in [2.24, 2.45) is 12.0 Å². The first-order valence-electron chi connectivity index (χ1n) is 4.69. The average Bonchev–Trinajstić information content (AvgIpc) is 2.75. The van der Waals surface area contributed by atoms with Gasteiger partial charge in [0.15, 0.2) is 5.17 Å². The molecular weight excluding hydrogens is 248 g/mol. The van der Waals surface area contributed by atoms with Gasteiger partial charge in [-0.15, -0.1) is 0 Å². The molecule has 2 rings (SSSR count). The number of nitrogens with zero attached hydrogens (tertiary/aromatic N) is 3. The molecular formula is C8H12N4O2S2. The van der Waals surface area contributed by atoms with Crippen molar-refractivity contribution in [1.29, 1.82) is 0 Å². The third-order valence-corrected chi connectivity index (χ3v) is 4.53. The van der Waals surface area contributed by atoms with E-state index in [4.69, 9.17) is 0 Å². The summed E-state index contributed by atoms with van der Waals surface area (Å²) in [5.74, 6) is 0.823. The molecule has 8 heteroatoms. The van der Waals surface area contributed by atoms with Gasteiger partial charge < -0.3 is 0 Å². The summed E-state index contributed by atoms with van der Waals surface area (Å²) in [5, 5.41) is 4.46. The first-order valence-corrected chi connectivity index (χ1v) is 7.16. The molecule has 0 aliphatic carbocycles. The molecule has 6 nitrogen and oxygen atoms in total. The Balaban J connectivity index is 2.28. The van der Waals surface area contributed by atoms with E-state index < -0.39 is 10.0 Å². The number of amidine groups is 1. The first-order chi connectivity index (χ1) is 7.49. The summed E-state index contributed by atoms with van der Waals surface area (Å²) in [6.07, 6.45) is 1.48. The van der Waals surface area contributed by atoms with E-state index >= 15 is 0 Å². The van der Waals surface area contributed by atoms with Crippen LogP contribution in [0.4, 0.5) is 0 Å². The molecule has 0 spiro atoms. The fraction of sp³-hybridized carbons (Fsp3) is 0.500. The molecule has 1 aromatic heterocycles. The van der Waals surface area contributed by atoms with Crippen LogP contribution in [0, 0.1) is 6.92 Å². The zero-order valence-electron chi connectivity index (χ0n) is 8.97. The van der Waals surface area contributed by atoms with Crippen LogP contribution in [0.3, 0.4) is 0 Å². The lowest BCUT2D eigenvalue weighted by atomic mass is 10.5. The van der Waals surface area contributed by atoms with Gasteiger partial charge in [-0.05, 0) is 6.92 Å². The van der Waals surface area contributed by atoms with Crippen LogP contribution in [0.15, 0.2) is 16.1 Å². The highest BCUT2D eigenvalue weighted by atomic mass is 32.2. The van der Waals surface area contributed by atoms with E-state index in [2.05, 4.69) is 14.8 Å². The van der Waals surface area contributed by atoms with Crippen LogP contribution in [-0.2, 0) is 17.1 Å². The Morgan fingerprint density at radius 1 is 1.56 bits per heavy atom. The summed E-state index contributed by atoms with van der Waals surface area (Å²) in [5.41, 5.74) is 0.485. The van der Waals surface area contributed by atoms with Gasteiger partial charge in [-0.2, -0.15) is 5.10 Å². The summed E-state index contributed by atoms with van der Waals surface area (Å²) < 4.78 is 27.9. The number of rotatable bonds is 2. The Hall–Kier alpha value is -1.02. The van der Waals surface area contributed by atoms with Crippen molar-refractivity contribution < 1.29 is 8.42 Å². The van der Waals surface area contributed by atoms with Crippen molar-refractivity contribution in [1.82, 2.24) is 14.5 Å². The van der Waals surface area contributed by atoms with Crippen LogP contribution in [-0.4, -0.2) is 35.7 Å². The standard InChI is InChI=1S/C8H12N4O2S2/c1-6-7(5-12(2)10-6)16(13,14)11-8-9-3-4-15-8/h5H,3-4H2,1-2H3,(H,9,11). The maximum Gasteiger partial charge on any atom is 0.266 e. The van der Waals surface area contributed by atoms with Crippen molar-refractivity contribution >= 4 is 27.0 Å². The number of nitrogens with one attached hydrogen (secondary N) is 1. The molecule has 0 fully saturated rings. The lowest BCUT2D eigenvalue weighted by molar-refractivity contribution is 0.592. The molecule has 2 heterocycles. The molecule has 0 aromatic carbocycles. The van der Waals surface area contributed by atoms with Crippen molar-refractivity contribution in [2.75, 3.05) is 12.3 Å². The van der Waals surface area contributed by atoms with Gasteiger partial charge in [0, 0.05) is 19.0 Å². The number of sulfonamides is 1. The molecule has 0 bridgehead atoms. The fourth-order valence-electron chi connectivity index (χ4n) is 1.41. The van der Waals surface area contributed by atoms with Crippen LogP contribution in [0.2, 0.25) is 0 Å². The molecule has 0 amide bonds. The molecule has 1 aliphatic rings. The molecule has 1 N–H and O–H groups in total. The first kappa shape index (κ1) is 11.5. The Morgan fingerprint density at radius 3 is 2.81 bits per heavy atom. The summed E-state index contributed by atoms with van der Waals surface area (Å²) in [6.45, 7) is 2.33. The lowest BCUT2D eigenvalue weighted by Gasteiger charge is -2.04. The zero-order chi connectivity index (χ0) is 11.8. The van der Waals surface area contributed by atoms with Crippen molar-refractivity contribution in [2.45, 2.75) is 11.8 Å². The topological polar surface area (TPSA) is 76.3 Å². The number of hydrogen-bond donors (Lipinski definition) is 1. The monoisotopic (exact) mass is 260 g/mol. The van der Waals surface area contributed by atoms with Gasteiger partial charge in [-0.3, -0.25) is 14.4 Å². The summed E-state index contributed by atoms with van der Waals surface area (Å²) >= 11 is 1.41. The van der Waals surface area contributed by atoms with Gasteiger partial charge in [0.2, 0.25) is 0 Å². The summed E-state index contributed by atoms with van der Waals surface area (Å²) in [4.78, 5) is 4.24. The average molecular weight is 260 g/mol. The zero-order valence-corrected chi connectivity index (χ0v) is 10.6.